The van der Waals surface area contributed by atoms with E-state index < -0.39 is 6.73 Å². The maximum atomic E-state index is 10.7. The van der Waals surface area contributed by atoms with E-state index in [1.165, 1.54) is 0 Å². The van der Waals surface area contributed by atoms with E-state index in [0.29, 0.717) is 12.2 Å². The Morgan fingerprint density at radius 2 is 1.94 bits per heavy atom. The summed E-state index contributed by atoms with van der Waals surface area (Å²) in [4.78, 5) is 23.5. The Kier molecular flexibility index (Phi) is 3.44. The van der Waals surface area contributed by atoms with Gasteiger partial charge in [0.25, 0.3) is 0 Å². The number of aliphatic hydroxyl groups is 1. The number of carbonyl (C=O) groups excluding carboxylic acids is 1. The number of nitrogens with zero attached hydrogens (tertiary/aromatic N) is 4. The lowest BCUT2D eigenvalue weighted by Gasteiger charge is -2.12. The van der Waals surface area contributed by atoms with Crippen LogP contribution >= 0.6 is 0 Å². The van der Waals surface area contributed by atoms with Crippen molar-refractivity contribution >= 4 is 18.3 Å². The molecule has 1 aromatic heterocycles. The van der Waals surface area contributed by atoms with Crippen molar-refractivity contribution in [3.05, 3.63) is 30.3 Å². The minimum Gasteiger partial charge on any atom is -0.376 e. The fourth-order valence-corrected chi connectivity index (χ4v) is 1.37. The second-order valence-corrected chi connectivity index (χ2v) is 3.40. The molecule has 92 valence electrons. The molecule has 18 heavy (non-hydrogen) atoms. The standard InChI is InChI=1S/C11H11N5O2/c12-10-13-9(8-4-2-1-3-5-8)14-11(15-10)16(6-17)7-18/h1-6,18H,7H2,(H2,12,13,14,15). The topological polar surface area (TPSA) is 105 Å². The molecule has 7 nitrogen and oxygen atoms in total. The van der Waals surface area contributed by atoms with Crippen LogP contribution in [0.2, 0.25) is 0 Å². The van der Waals surface area contributed by atoms with E-state index in [4.69, 9.17) is 10.8 Å². The SMILES string of the molecule is Nc1nc(-c2ccccc2)nc(N(C=O)CO)n1. The number of rotatable bonds is 4. The number of anilines is 2. The highest BCUT2D eigenvalue weighted by molar-refractivity contribution is 5.71. The molecule has 2 rings (SSSR count). The average Bonchev–Trinajstić information content (AvgIpc) is 2.40. The molecule has 0 unspecified atom stereocenters. The first-order valence-electron chi connectivity index (χ1n) is 5.14. The zero-order chi connectivity index (χ0) is 13.0. The lowest BCUT2D eigenvalue weighted by atomic mass is 10.2. The molecule has 0 spiro atoms. The number of hydrogen-bond acceptors (Lipinski definition) is 6. The van der Waals surface area contributed by atoms with Gasteiger partial charge < -0.3 is 10.8 Å². The fraction of sp³-hybridized carbons (Fsp3) is 0.0909. The van der Waals surface area contributed by atoms with Crippen LogP contribution in [0.15, 0.2) is 30.3 Å². The number of aliphatic hydroxyl groups excluding tert-OH is 1. The summed E-state index contributed by atoms with van der Waals surface area (Å²) in [6, 6.07) is 9.14. The van der Waals surface area contributed by atoms with E-state index in [0.717, 1.165) is 10.5 Å². The van der Waals surface area contributed by atoms with Crippen molar-refractivity contribution in [3.63, 3.8) is 0 Å². The van der Waals surface area contributed by atoms with Crippen LogP contribution < -0.4 is 10.6 Å². The number of amides is 1. The van der Waals surface area contributed by atoms with Crippen LogP contribution in [0, 0.1) is 0 Å². The van der Waals surface area contributed by atoms with Gasteiger partial charge in [-0.25, -0.2) is 0 Å². The number of nitrogen functional groups attached to an aromatic ring is 1. The largest absolute Gasteiger partial charge is 0.376 e. The van der Waals surface area contributed by atoms with Crippen LogP contribution in [-0.4, -0.2) is 33.2 Å². The summed E-state index contributed by atoms with van der Waals surface area (Å²) in [5.74, 6) is 0.344. The fourth-order valence-electron chi connectivity index (χ4n) is 1.37. The summed E-state index contributed by atoms with van der Waals surface area (Å²) >= 11 is 0. The molecule has 0 aliphatic carbocycles. The third kappa shape index (κ3) is 2.41. The quantitative estimate of drug-likeness (QED) is 0.581. The minimum atomic E-state index is -0.527. The van der Waals surface area contributed by atoms with Crippen LogP contribution in [0.1, 0.15) is 0 Å². The summed E-state index contributed by atoms with van der Waals surface area (Å²) < 4.78 is 0. The molecular formula is C11H11N5O2. The van der Waals surface area contributed by atoms with Gasteiger partial charge in [-0.15, -0.1) is 0 Å². The van der Waals surface area contributed by atoms with Crippen LogP contribution in [-0.2, 0) is 4.79 Å². The predicted molar refractivity (Wildman–Crippen MR) is 65.3 cm³/mol. The van der Waals surface area contributed by atoms with Gasteiger partial charge in [-0.05, 0) is 0 Å². The Balaban J connectivity index is 2.47. The van der Waals surface area contributed by atoms with E-state index >= 15 is 0 Å². The zero-order valence-electron chi connectivity index (χ0n) is 9.39. The molecule has 2 aromatic rings. The maximum Gasteiger partial charge on any atom is 0.239 e. The highest BCUT2D eigenvalue weighted by Crippen LogP contribution is 2.17. The highest BCUT2D eigenvalue weighted by Gasteiger charge is 2.11. The van der Waals surface area contributed by atoms with Crippen LogP contribution in [0.5, 0.6) is 0 Å². The maximum absolute atomic E-state index is 10.7. The first kappa shape index (κ1) is 11.9. The van der Waals surface area contributed by atoms with Crippen LogP contribution in [0.25, 0.3) is 11.4 Å². The number of aromatic nitrogens is 3. The monoisotopic (exact) mass is 245 g/mol. The average molecular weight is 245 g/mol. The zero-order valence-corrected chi connectivity index (χ0v) is 9.39. The summed E-state index contributed by atoms with van der Waals surface area (Å²) in [6.45, 7) is -0.527. The smallest absolute Gasteiger partial charge is 0.239 e. The van der Waals surface area contributed by atoms with E-state index in [1.54, 1.807) is 0 Å². The summed E-state index contributed by atoms with van der Waals surface area (Å²) in [6.07, 6.45) is 0.420. The molecule has 0 saturated carbocycles. The van der Waals surface area contributed by atoms with Crippen molar-refractivity contribution in [1.29, 1.82) is 0 Å². The number of benzene rings is 1. The summed E-state index contributed by atoms with van der Waals surface area (Å²) in [5.41, 5.74) is 6.30. The Morgan fingerprint density at radius 1 is 1.22 bits per heavy atom. The molecule has 0 atom stereocenters. The normalized spacial score (nSPS) is 10.1. The molecule has 0 radical (unpaired) electrons. The number of carbonyl (C=O) groups is 1. The molecule has 0 saturated heterocycles. The molecule has 0 bridgehead atoms. The molecule has 1 aromatic carbocycles. The minimum absolute atomic E-state index is 0.0128. The van der Waals surface area contributed by atoms with Crippen LogP contribution in [0.3, 0.4) is 0 Å². The van der Waals surface area contributed by atoms with Gasteiger partial charge in [-0.3, -0.25) is 9.69 Å². The van der Waals surface area contributed by atoms with E-state index in [1.807, 2.05) is 30.3 Å². The van der Waals surface area contributed by atoms with Gasteiger partial charge in [0.05, 0.1) is 0 Å². The number of nitrogens with two attached hydrogens (primary N) is 1. The van der Waals surface area contributed by atoms with Crippen molar-refractivity contribution in [3.8, 4) is 11.4 Å². The van der Waals surface area contributed by atoms with Gasteiger partial charge in [0, 0.05) is 5.56 Å². The lowest BCUT2D eigenvalue weighted by Crippen LogP contribution is -2.25. The van der Waals surface area contributed by atoms with E-state index in [-0.39, 0.29) is 11.9 Å². The van der Waals surface area contributed by atoms with Crippen LogP contribution in [0.4, 0.5) is 11.9 Å². The molecule has 1 heterocycles. The first-order chi connectivity index (χ1) is 8.74. The van der Waals surface area contributed by atoms with Gasteiger partial charge in [-0.2, -0.15) is 15.0 Å². The van der Waals surface area contributed by atoms with Crippen molar-refractivity contribution in [2.75, 3.05) is 17.4 Å². The van der Waals surface area contributed by atoms with Gasteiger partial charge in [0.15, 0.2) is 5.82 Å². The molecule has 0 aliphatic rings. The second-order valence-electron chi connectivity index (χ2n) is 3.40. The Hall–Kier alpha value is -2.54. The van der Waals surface area contributed by atoms with Crippen molar-refractivity contribution < 1.29 is 9.90 Å². The molecular weight excluding hydrogens is 234 g/mol. The Labute approximate surface area is 103 Å². The molecule has 0 aliphatic heterocycles. The molecule has 0 fully saturated rings. The Bertz CT molecular complexity index is 546. The van der Waals surface area contributed by atoms with Gasteiger partial charge in [-0.1, -0.05) is 30.3 Å². The van der Waals surface area contributed by atoms with Gasteiger partial charge >= 0.3 is 0 Å². The molecule has 1 amide bonds. The number of hydrogen-bond donors (Lipinski definition) is 2. The van der Waals surface area contributed by atoms with Crippen molar-refractivity contribution in [2.45, 2.75) is 0 Å². The van der Waals surface area contributed by atoms with Gasteiger partial charge in [0.2, 0.25) is 18.3 Å². The van der Waals surface area contributed by atoms with Crippen molar-refractivity contribution in [2.24, 2.45) is 0 Å². The Morgan fingerprint density at radius 3 is 2.56 bits per heavy atom. The van der Waals surface area contributed by atoms with E-state index in [2.05, 4.69) is 15.0 Å². The van der Waals surface area contributed by atoms with Gasteiger partial charge in [0.1, 0.15) is 6.73 Å². The molecule has 7 heteroatoms. The van der Waals surface area contributed by atoms with E-state index in [9.17, 15) is 4.79 Å². The highest BCUT2D eigenvalue weighted by atomic mass is 16.3. The third-order valence-corrected chi connectivity index (χ3v) is 2.21. The molecule has 3 N–H and O–H groups in total. The second kappa shape index (κ2) is 5.19. The first-order valence-corrected chi connectivity index (χ1v) is 5.14. The predicted octanol–water partition coefficient (Wildman–Crippen LogP) is 0.0334. The summed E-state index contributed by atoms with van der Waals surface area (Å²) in [5, 5.41) is 8.99. The van der Waals surface area contributed by atoms with Crippen molar-refractivity contribution in [1.82, 2.24) is 15.0 Å². The lowest BCUT2D eigenvalue weighted by molar-refractivity contribution is -0.108. The third-order valence-electron chi connectivity index (χ3n) is 2.21. The summed E-state index contributed by atoms with van der Waals surface area (Å²) in [7, 11) is 0.